The minimum absolute atomic E-state index is 0.0555. The first-order valence-electron chi connectivity index (χ1n) is 13.9. The van der Waals surface area contributed by atoms with Crippen LogP contribution in [0.3, 0.4) is 0 Å². The first-order valence-corrected chi connectivity index (χ1v) is 13.9. The molecule has 5 rings (SSSR count). The van der Waals surface area contributed by atoms with Crippen LogP contribution in [-0.2, 0) is 11.3 Å². The van der Waals surface area contributed by atoms with Crippen molar-refractivity contribution in [2.45, 2.75) is 40.7 Å². The molecule has 0 unspecified atom stereocenters. The third kappa shape index (κ3) is 5.97. The Balaban J connectivity index is 1.45. The molecule has 1 aliphatic rings. The number of benzene rings is 3. The van der Waals surface area contributed by atoms with Gasteiger partial charge < -0.3 is 14.7 Å². The maximum Gasteiger partial charge on any atom is 0.229 e. The number of rotatable bonds is 8. The molecule has 1 fully saturated rings. The minimum atomic E-state index is -0.149. The predicted octanol–water partition coefficient (Wildman–Crippen LogP) is 6.62. The van der Waals surface area contributed by atoms with Gasteiger partial charge in [-0.25, -0.2) is 4.98 Å². The van der Waals surface area contributed by atoms with Crippen molar-refractivity contribution in [1.29, 1.82) is 0 Å². The number of fused-ring (bicyclic) bond motifs is 1. The summed E-state index contributed by atoms with van der Waals surface area (Å²) in [5, 5.41) is 11.4. The zero-order chi connectivity index (χ0) is 28.4. The molecule has 40 heavy (non-hydrogen) atoms. The molecule has 6 heteroatoms. The number of amides is 1. The predicted molar refractivity (Wildman–Crippen MR) is 163 cm³/mol. The molecule has 0 radical (unpaired) electrons. The summed E-state index contributed by atoms with van der Waals surface area (Å²) in [5.41, 5.74) is 5.37. The van der Waals surface area contributed by atoms with Crippen LogP contribution in [0.15, 0.2) is 72.9 Å². The SMILES string of the molecule is COc1ccc(-c2ccc(CN(C(=O)CC(C)(C)C)c3nccc4cc(N5CC(CO)C5)ccc34)cc2)cc1C. The summed E-state index contributed by atoms with van der Waals surface area (Å²) in [6, 6.07) is 22.9. The fourth-order valence-electron chi connectivity index (χ4n) is 5.33. The van der Waals surface area contributed by atoms with Crippen molar-refractivity contribution in [2.75, 3.05) is 36.6 Å². The van der Waals surface area contributed by atoms with Crippen molar-refractivity contribution in [3.05, 3.63) is 84.1 Å². The second kappa shape index (κ2) is 11.3. The van der Waals surface area contributed by atoms with Crippen molar-refractivity contribution < 1.29 is 14.6 Å². The second-order valence-corrected chi connectivity index (χ2v) is 12.1. The summed E-state index contributed by atoms with van der Waals surface area (Å²) in [4.78, 5) is 22.6. The Morgan fingerprint density at radius 1 is 1.02 bits per heavy atom. The Morgan fingerprint density at radius 2 is 1.75 bits per heavy atom. The number of aliphatic hydroxyl groups is 1. The molecule has 1 saturated heterocycles. The maximum absolute atomic E-state index is 13.7. The highest BCUT2D eigenvalue weighted by Crippen LogP contribution is 2.34. The molecule has 4 aromatic rings. The zero-order valence-electron chi connectivity index (χ0n) is 24.1. The van der Waals surface area contributed by atoms with E-state index < -0.39 is 0 Å². The van der Waals surface area contributed by atoms with Gasteiger partial charge >= 0.3 is 0 Å². The maximum atomic E-state index is 13.7. The van der Waals surface area contributed by atoms with Crippen molar-refractivity contribution >= 4 is 28.2 Å². The number of nitrogens with zero attached hydrogens (tertiary/aromatic N) is 3. The van der Waals surface area contributed by atoms with Crippen LogP contribution in [0.5, 0.6) is 5.75 Å². The van der Waals surface area contributed by atoms with E-state index in [4.69, 9.17) is 9.72 Å². The molecule has 208 valence electrons. The summed E-state index contributed by atoms with van der Waals surface area (Å²) in [6.45, 7) is 10.7. The van der Waals surface area contributed by atoms with Gasteiger partial charge in [0, 0.05) is 49.3 Å². The van der Waals surface area contributed by atoms with Gasteiger partial charge in [-0.2, -0.15) is 0 Å². The van der Waals surface area contributed by atoms with Crippen molar-refractivity contribution in [1.82, 2.24) is 4.98 Å². The van der Waals surface area contributed by atoms with E-state index in [2.05, 4.69) is 80.3 Å². The lowest BCUT2D eigenvalue weighted by atomic mass is 9.91. The van der Waals surface area contributed by atoms with E-state index in [1.165, 1.54) is 0 Å². The molecule has 0 bridgehead atoms. The molecule has 0 aliphatic carbocycles. The van der Waals surface area contributed by atoms with Gasteiger partial charge in [-0.05, 0) is 76.4 Å². The Labute approximate surface area is 237 Å². The molecule has 0 spiro atoms. The van der Waals surface area contributed by atoms with Crippen LogP contribution in [0, 0.1) is 18.3 Å². The van der Waals surface area contributed by atoms with E-state index in [1.807, 2.05) is 24.0 Å². The number of hydrogen-bond donors (Lipinski definition) is 1. The highest BCUT2D eigenvalue weighted by Gasteiger charge is 2.27. The van der Waals surface area contributed by atoms with Crippen molar-refractivity contribution in [3.63, 3.8) is 0 Å². The number of carbonyl (C=O) groups excluding carboxylic acids is 1. The van der Waals surface area contributed by atoms with E-state index in [0.717, 1.165) is 57.6 Å². The van der Waals surface area contributed by atoms with Crippen LogP contribution in [0.25, 0.3) is 21.9 Å². The third-order valence-electron chi connectivity index (χ3n) is 7.57. The Hall–Kier alpha value is -3.90. The normalized spacial score (nSPS) is 13.8. The van der Waals surface area contributed by atoms with Gasteiger partial charge in [0.1, 0.15) is 11.6 Å². The van der Waals surface area contributed by atoms with Crippen molar-refractivity contribution in [3.8, 4) is 16.9 Å². The lowest BCUT2D eigenvalue weighted by Crippen LogP contribution is -2.48. The summed E-state index contributed by atoms with van der Waals surface area (Å²) in [6.07, 6.45) is 2.21. The summed E-state index contributed by atoms with van der Waals surface area (Å²) in [7, 11) is 1.69. The van der Waals surface area contributed by atoms with E-state index >= 15 is 0 Å². The summed E-state index contributed by atoms with van der Waals surface area (Å²) >= 11 is 0. The molecular formula is C34H39N3O3. The van der Waals surface area contributed by atoms with E-state index in [-0.39, 0.29) is 17.9 Å². The molecule has 0 atom stereocenters. The Morgan fingerprint density at radius 3 is 2.40 bits per heavy atom. The van der Waals surface area contributed by atoms with Gasteiger partial charge in [0.25, 0.3) is 0 Å². The Kier molecular flexibility index (Phi) is 7.81. The molecule has 3 aromatic carbocycles. The summed E-state index contributed by atoms with van der Waals surface area (Å²) in [5.74, 6) is 1.96. The van der Waals surface area contributed by atoms with Crippen LogP contribution >= 0.6 is 0 Å². The first kappa shape index (κ1) is 27.7. The smallest absolute Gasteiger partial charge is 0.229 e. The molecule has 1 aliphatic heterocycles. The van der Waals surface area contributed by atoms with E-state index in [9.17, 15) is 9.90 Å². The number of hydrogen-bond acceptors (Lipinski definition) is 5. The fourth-order valence-corrected chi connectivity index (χ4v) is 5.33. The monoisotopic (exact) mass is 537 g/mol. The van der Waals surface area contributed by atoms with Crippen LogP contribution in [0.1, 0.15) is 38.3 Å². The highest BCUT2D eigenvalue weighted by atomic mass is 16.5. The van der Waals surface area contributed by atoms with E-state index in [0.29, 0.717) is 24.7 Å². The number of aliphatic hydroxyl groups excluding tert-OH is 1. The van der Waals surface area contributed by atoms with Crippen LogP contribution in [0.4, 0.5) is 11.5 Å². The van der Waals surface area contributed by atoms with E-state index in [1.54, 1.807) is 13.3 Å². The number of pyridine rings is 1. The molecular weight excluding hydrogens is 498 g/mol. The molecule has 1 N–H and O–H groups in total. The first-order chi connectivity index (χ1) is 19.1. The summed E-state index contributed by atoms with van der Waals surface area (Å²) < 4.78 is 5.41. The lowest BCUT2D eigenvalue weighted by molar-refractivity contribution is -0.120. The number of anilines is 2. The van der Waals surface area contributed by atoms with Crippen LogP contribution < -0.4 is 14.5 Å². The number of aromatic nitrogens is 1. The standard InChI is InChI=1S/C34H39N3O3/c1-23-16-27(10-13-31(23)40-5)26-8-6-24(7-9-26)21-37(32(39)18-34(2,3)4)33-30-12-11-29(17-28(30)14-15-35-33)36-19-25(20-36)22-38/h6-17,25,38H,18-22H2,1-5H3. The topological polar surface area (TPSA) is 65.9 Å². The van der Waals surface area contributed by atoms with Gasteiger partial charge in [0.05, 0.1) is 13.7 Å². The third-order valence-corrected chi connectivity index (χ3v) is 7.57. The van der Waals surface area contributed by atoms with Gasteiger partial charge in [-0.3, -0.25) is 9.69 Å². The average molecular weight is 538 g/mol. The quantitative estimate of drug-likeness (QED) is 0.274. The van der Waals surface area contributed by atoms with Gasteiger partial charge in [0.2, 0.25) is 5.91 Å². The molecule has 1 amide bonds. The molecule has 6 nitrogen and oxygen atoms in total. The number of carbonyl (C=O) groups is 1. The van der Waals surface area contributed by atoms with Crippen molar-refractivity contribution in [2.24, 2.45) is 11.3 Å². The van der Waals surface area contributed by atoms with Gasteiger partial charge in [0.15, 0.2) is 0 Å². The van der Waals surface area contributed by atoms with Crippen LogP contribution in [-0.4, -0.2) is 42.8 Å². The largest absolute Gasteiger partial charge is 0.496 e. The highest BCUT2D eigenvalue weighted by molar-refractivity contribution is 6.03. The molecule has 2 heterocycles. The molecule has 1 aromatic heterocycles. The minimum Gasteiger partial charge on any atom is -0.496 e. The van der Waals surface area contributed by atoms with Gasteiger partial charge in [-0.15, -0.1) is 0 Å². The fraction of sp³-hybridized carbons (Fsp3) is 0.353. The number of ether oxygens (including phenoxy) is 1. The second-order valence-electron chi connectivity index (χ2n) is 12.1. The average Bonchev–Trinajstić information content (AvgIpc) is 2.90. The number of aryl methyl sites for hydroxylation is 1. The van der Waals surface area contributed by atoms with Gasteiger partial charge in [-0.1, -0.05) is 51.1 Å². The Bertz CT molecular complexity index is 1500. The lowest BCUT2D eigenvalue weighted by Gasteiger charge is -2.40. The molecule has 0 saturated carbocycles. The number of methoxy groups -OCH3 is 1. The van der Waals surface area contributed by atoms with Crippen LogP contribution in [0.2, 0.25) is 0 Å². The zero-order valence-corrected chi connectivity index (χ0v) is 24.1.